The summed E-state index contributed by atoms with van der Waals surface area (Å²) >= 11 is 0. The van der Waals surface area contributed by atoms with Gasteiger partial charge in [-0.25, -0.2) is 4.98 Å². The molecule has 5 heteroatoms. The van der Waals surface area contributed by atoms with E-state index in [-0.39, 0.29) is 0 Å². The third kappa shape index (κ3) is 5.22. The highest BCUT2D eigenvalue weighted by Crippen LogP contribution is 2.26. The van der Waals surface area contributed by atoms with E-state index in [1.807, 2.05) is 31.2 Å². The number of benzene rings is 2. The van der Waals surface area contributed by atoms with Crippen molar-refractivity contribution in [2.45, 2.75) is 33.1 Å². The molecular weight excluding hydrogens is 348 g/mol. The van der Waals surface area contributed by atoms with E-state index in [0.717, 1.165) is 35.9 Å². The van der Waals surface area contributed by atoms with Gasteiger partial charge in [-0.2, -0.15) is 4.98 Å². The standard InChI is InChI=1S/C23H28N4O/c1-16(2)20-10-5-6-11-21(20)26-23-25-17(3)14-22(27-23)24-13-12-18-8-7-9-19(15-18)28-4/h5-11,14-16H,12-13H2,1-4H3,(H2,24,25,26,27). The quantitative estimate of drug-likeness (QED) is 0.557. The summed E-state index contributed by atoms with van der Waals surface area (Å²) in [4.78, 5) is 9.18. The zero-order valence-electron chi connectivity index (χ0n) is 17.0. The predicted octanol–water partition coefficient (Wildman–Crippen LogP) is 5.32. The maximum absolute atomic E-state index is 5.28. The lowest BCUT2D eigenvalue weighted by Gasteiger charge is -2.15. The summed E-state index contributed by atoms with van der Waals surface area (Å²) in [7, 11) is 1.69. The Balaban J connectivity index is 1.68. The van der Waals surface area contributed by atoms with Crippen molar-refractivity contribution in [1.82, 2.24) is 9.97 Å². The molecule has 3 rings (SSSR count). The van der Waals surface area contributed by atoms with Crippen LogP contribution in [0.2, 0.25) is 0 Å². The lowest BCUT2D eigenvalue weighted by molar-refractivity contribution is 0.414. The Morgan fingerprint density at radius 3 is 2.61 bits per heavy atom. The fraction of sp³-hybridized carbons (Fsp3) is 0.304. The highest BCUT2D eigenvalue weighted by molar-refractivity contribution is 5.60. The van der Waals surface area contributed by atoms with Crippen LogP contribution in [0.25, 0.3) is 0 Å². The molecule has 5 nitrogen and oxygen atoms in total. The van der Waals surface area contributed by atoms with E-state index in [1.54, 1.807) is 7.11 Å². The summed E-state index contributed by atoms with van der Waals surface area (Å²) in [5.41, 5.74) is 4.44. The van der Waals surface area contributed by atoms with Gasteiger partial charge in [0.25, 0.3) is 0 Å². The highest BCUT2D eigenvalue weighted by Gasteiger charge is 2.08. The molecule has 146 valence electrons. The summed E-state index contributed by atoms with van der Waals surface area (Å²) < 4.78 is 5.28. The van der Waals surface area contributed by atoms with Crippen LogP contribution in [-0.4, -0.2) is 23.6 Å². The number of rotatable bonds is 8. The molecule has 0 aliphatic heterocycles. The molecule has 0 aliphatic carbocycles. The van der Waals surface area contributed by atoms with Crippen LogP contribution in [0.4, 0.5) is 17.5 Å². The van der Waals surface area contributed by atoms with Gasteiger partial charge in [-0.05, 0) is 48.6 Å². The number of aromatic nitrogens is 2. The lowest BCUT2D eigenvalue weighted by atomic mass is 10.0. The normalized spacial score (nSPS) is 10.8. The minimum Gasteiger partial charge on any atom is -0.497 e. The number of aryl methyl sites for hydroxylation is 1. The molecule has 2 N–H and O–H groups in total. The highest BCUT2D eigenvalue weighted by atomic mass is 16.5. The van der Waals surface area contributed by atoms with Crippen LogP contribution in [0.15, 0.2) is 54.6 Å². The fourth-order valence-electron chi connectivity index (χ4n) is 3.11. The van der Waals surface area contributed by atoms with Crippen LogP contribution in [0.1, 0.15) is 36.6 Å². The van der Waals surface area contributed by atoms with Gasteiger partial charge in [0, 0.05) is 24.0 Å². The van der Waals surface area contributed by atoms with Crippen molar-refractivity contribution in [3.8, 4) is 5.75 Å². The molecule has 0 amide bonds. The molecule has 0 saturated carbocycles. The second-order valence-electron chi connectivity index (χ2n) is 7.11. The van der Waals surface area contributed by atoms with E-state index in [0.29, 0.717) is 11.9 Å². The molecule has 0 bridgehead atoms. The van der Waals surface area contributed by atoms with E-state index >= 15 is 0 Å². The van der Waals surface area contributed by atoms with Crippen molar-refractivity contribution in [3.63, 3.8) is 0 Å². The largest absolute Gasteiger partial charge is 0.497 e. The van der Waals surface area contributed by atoms with Gasteiger partial charge in [0.15, 0.2) is 0 Å². The van der Waals surface area contributed by atoms with Crippen LogP contribution in [0, 0.1) is 6.92 Å². The first-order chi connectivity index (χ1) is 13.5. The van der Waals surface area contributed by atoms with E-state index in [1.165, 1.54) is 11.1 Å². The van der Waals surface area contributed by atoms with Crippen LogP contribution in [0.3, 0.4) is 0 Å². The third-order valence-corrected chi connectivity index (χ3v) is 4.54. The Labute approximate surface area is 167 Å². The Hall–Kier alpha value is -3.08. The zero-order chi connectivity index (χ0) is 19.9. The van der Waals surface area contributed by atoms with Crippen LogP contribution >= 0.6 is 0 Å². The van der Waals surface area contributed by atoms with Gasteiger partial charge >= 0.3 is 0 Å². The molecule has 0 saturated heterocycles. The maximum atomic E-state index is 5.28. The van der Waals surface area contributed by atoms with E-state index in [4.69, 9.17) is 4.74 Å². The van der Waals surface area contributed by atoms with Crippen molar-refractivity contribution >= 4 is 17.5 Å². The SMILES string of the molecule is COc1cccc(CCNc2cc(C)nc(Nc3ccccc3C(C)C)n2)c1. The molecular formula is C23H28N4O. The third-order valence-electron chi connectivity index (χ3n) is 4.54. The average molecular weight is 377 g/mol. The van der Waals surface area contributed by atoms with Crippen LogP contribution < -0.4 is 15.4 Å². The molecule has 1 heterocycles. The van der Waals surface area contributed by atoms with Crippen molar-refractivity contribution in [2.75, 3.05) is 24.3 Å². The summed E-state index contributed by atoms with van der Waals surface area (Å²) in [6, 6.07) is 18.4. The Morgan fingerprint density at radius 2 is 1.82 bits per heavy atom. The Kier molecular flexibility index (Phi) is 6.48. The molecule has 2 aromatic carbocycles. The Morgan fingerprint density at radius 1 is 1.00 bits per heavy atom. The van der Waals surface area contributed by atoms with Crippen molar-refractivity contribution in [1.29, 1.82) is 0 Å². The summed E-state index contributed by atoms with van der Waals surface area (Å²) in [6.07, 6.45) is 0.888. The average Bonchev–Trinajstić information content (AvgIpc) is 2.68. The van der Waals surface area contributed by atoms with Crippen molar-refractivity contribution in [3.05, 3.63) is 71.4 Å². The van der Waals surface area contributed by atoms with Crippen molar-refractivity contribution in [2.24, 2.45) is 0 Å². The van der Waals surface area contributed by atoms with Crippen molar-refractivity contribution < 1.29 is 4.74 Å². The van der Waals surface area contributed by atoms with E-state index < -0.39 is 0 Å². The van der Waals surface area contributed by atoms with Gasteiger partial charge < -0.3 is 15.4 Å². The van der Waals surface area contributed by atoms with Gasteiger partial charge in [-0.1, -0.05) is 44.2 Å². The van der Waals surface area contributed by atoms with Crippen LogP contribution in [-0.2, 0) is 6.42 Å². The lowest BCUT2D eigenvalue weighted by Crippen LogP contribution is -2.09. The molecule has 0 atom stereocenters. The summed E-state index contributed by atoms with van der Waals surface area (Å²) in [6.45, 7) is 7.13. The Bertz CT molecular complexity index is 924. The molecule has 3 aromatic rings. The van der Waals surface area contributed by atoms with Gasteiger partial charge in [-0.15, -0.1) is 0 Å². The smallest absolute Gasteiger partial charge is 0.229 e. The molecule has 0 radical (unpaired) electrons. The molecule has 0 spiro atoms. The van der Waals surface area contributed by atoms with E-state index in [2.05, 4.69) is 64.8 Å². The number of methoxy groups -OCH3 is 1. The summed E-state index contributed by atoms with van der Waals surface area (Å²) in [5.74, 6) is 2.73. The minimum absolute atomic E-state index is 0.425. The number of hydrogen-bond acceptors (Lipinski definition) is 5. The number of nitrogens with one attached hydrogen (secondary N) is 2. The maximum Gasteiger partial charge on any atom is 0.229 e. The topological polar surface area (TPSA) is 59.1 Å². The first-order valence-corrected chi connectivity index (χ1v) is 9.63. The second-order valence-corrected chi connectivity index (χ2v) is 7.11. The molecule has 28 heavy (non-hydrogen) atoms. The number of anilines is 3. The number of hydrogen-bond donors (Lipinski definition) is 2. The molecule has 0 unspecified atom stereocenters. The number of para-hydroxylation sites is 1. The zero-order valence-corrected chi connectivity index (χ0v) is 17.0. The fourth-order valence-corrected chi connectivity index (χ4v) is 3.11. The summed E-state index contributed by atoms with van der Waals surface area (Å²) in [5, 5.41) is 6.78. The van der Waals surface area contributed by atoms with Gasteiger partial charge in [0.2, 0.25) is 5.95 Å². The second kappa shape index (κ2) is 9.22. The first kappa shape index (κ1) is 19.7. The van der Waals surface area contributed by atoms with E-state index in [9.17, 15) is 0 Å². The number of ether oxygens (including phenoxy) is 1. The number of nitrogens with zero attached hydrogens (tertiary/aromatic N) is 2. The molecule has 0 aliphatic rings. The monoisotopic (exact) mass is 376 g/mol. The minimum atomic E-state index is 0.425. The molecule has 0 fully saturated rings. The van der Waals surface area contributed by atoms with Crippen LogP contribution in [0.5, 0.6) is 5.75 Å². The van der Waals surface area contributed by atoms with Gasteiger partial charge in [-0.3, -0.25) is 0 Å². The van der Waals surface area contributed by atoms with Gasteiger partial charge in [0.1, 0.15) is 11.6 Å². The first-order valence-electron chi connectivity index (χ1n) is 9.63. The molecule has 1 aromatic heterocycles. The van der Waals surface area contributed by atoms with Gasteiger partial charge in [0.05, 0.1) is 7.11 Å². The predicted molar refractivity (Wildman–Crippen MR) is 116 cm³/mol.